The van der Waals surface area contributed by atoms with Crippen LogP contribution in [-0.4, -0.2) is 33.6 Å². The van der Waals surface area contributed by atoms with Crippen molar-refractivity contribution in [1.29, 1.82) is 0 Å². The molecule has 4 saturated carbocycles. The summed E-state index contributed by atoms with van der Waals surface area (Å²) in [6, 6.07) is 0. The minimum absolute atomic E-state index is 0.0273. The zero-order valence-corrected chi connectivity index (χ0v) is 14.0. The molecule has 4 rings (SSSR count). The van der Waals surface area contributed by atoms with Gasteiger partial charge in [0.25, 0.3) is 0 Å². The maximum Gasteiger partial charge on any atom is 0.0596 e. The predicted molar refractivity (Wildman–Crippen MR) is 85.1 cm³/mol. The summed E-state index contributed by atoms with van der Waals surface area (Å²) in [6.45, 7) is 4.69. The maximum absolute atomic E-state index is 10.9. The summed E-state index contributed by atoms with van der Waals surface area (Å²) in [7, 11) is 0. The molecule has 0 heterocycles. The first-order chi connectivity index (χ1) is 10.4. The highest BCUT2D eigenvalue weighted by molar-refractivity contribution is 5.11. The van der Waals surface area contributed by atoms with E-state index >= 15 is 0 Å². The van der Waals surface area contributed by atoms with Gasteiger partial charge in [0.1, 0.15) is 0 Å². The highest BCUT2D eigenvalue weighted by atomic mass is 16.3. The summed E-state index contributed by atoms with van der Waals surface area (Å²) in [5, 5.41) is 31.5. The van der Waals surface area contributed by atoms with E-state index in [9.17, 15) is 15.3 Å². The predicted octanol–water partition coefficient (Wildman–Crippen LogP) is 2.72. The zero-order valence-electron chi connectivity index (χ0n) is 14.0. The normalized spacial score (nSPS) is 61.2. The van der Waals surface area contributed by atoms with E-state index in [1.165, 1.54) is 0 Å². The van der Waals surface area contributed by atoms with Crippen LogP contribution >= 0.6 is 0 Å². The van der Waals surface area contributed by atoms with Gasteiger partial charge in [-0.25, -0.2) is 0 Å². The average Bonchev–Trinajstić information content (AvgIpc) is 2.77. The third-order valence-corrected chi connectivity index (χ3v) is 8.61. The second-order valence-corrected chi connectivity index (χ2v) is 9.36. The summed E-state index contributed by atoms with van der Waals surface area (Å²) < 4.78 is 0. The number of hydrogen-bond acceptors (Lipinski definition) is 3. The molecular weight excluding hydrogens is 276 g/mol. The standard InChI is InChI=1S/C19H32O3/c1-18-7-5-12(20)9-11(18)10-15(21)17-13-3-4-16(22)19(13,2)8-6-14(17)18/h11-17,20-22H,3-10H2,1-2H3/t11-,12+,13+,14+,15+,16-,17+,18+,19+/m1/s1. The molecule has 0 aromatic carbocycles. The van der Waals surface area contributed by atoms with Gasteiger partial charge in [-0.1, -0.05) is 13.8 Å². The van der Waals surface area contributed by atoms with E-state index in [2.05, 4.69) is 13.8 Å². The number of rotatable bonds is 0. The molecule has 4 fully saturated rings. The summed E-state index contributed by atoms with van der Waals surface area (Å²) in [5.41, 5.74) is 0.317. The molecule has 0 aliphatic heterocycles. The van der Waals surface area contributed by atoms with Crippen molar-refractivity contribution in [2.45, 2.75) is 83.5 Å². The molecule has 9 atom stereocenters. The van der Waals surface area contributed by atoms with E-state index < -0.39 is 0 Å². The van der Waals surface area contributed by atoms with E-state index in [0.717, 1.165) is 51.4 Å². The minimum atomic E-state index is -0.233. The third-order valence-electron chi connectivity index (χ3n) is 8.61. The lowest BCUT2D eigenvalue weighted by atomic mass is 9.44. The molecule has 0 amide bonds. The Morgan fingerprint density at radius 3 is 2.23 bits per heavy atom. The van der Waals surface area contributed by atoms with Crippen LogP contribution in [0.3, 0.4) is 0 Å². The van der Waals surface area contributed by atoms with Gasteiger partial charge in [-0.2, -0.15) is 0 Å². The van der Waals surface area contributed by atoms with Gasteiger partial charge in [0.15, 0.2) is 0 Å². The molecule has 3 nitrogen and oxygen atoms in total. The number of aliphatic hydroxyl groups excluding tert-OH is 3. The molecule has 0 aromatic rings. The van der Waals surface area contributed by atoms with Gasteiger partial charge in [0.2, 0.25) is 0 Å². The van der Waals surface area contributed by atoms with Crippen molar-refractivity contribution in [3.8, 4) is 0 Å². The Labute approximate surface area is 134 Å². The molecule has 126 valence electrons. The van der Waals surface area contributed by atoms with Crippen molar-refractivity contribution in [2.24, 2.45) is 34.5 Å². The van der Waals surface area contributed by atoms with Gasteiger partial charge in [-0.3, -0.25) is 0 Å². The van der Waals surface area contributed by atoms with E-state index in [1.54, 1.807) is 0 Å². The Hall–Kier alpha value is -0.120. The van der Waals surface area contributed by atoms with Gasteiger partial charge in [0.05, 0.1) is 18.3 Å². The average molecular weight is 308 g/mol. The Morgan fingerprint density at radius 2 is 1.45 bits per heavy atom. The molecule has 0 spiro atoms. The topological polar surface area (TPSA) is 60.7 Å². The molecule has 3 heteroatoms. The van der Waals surface area contributed by atoms with Crippen molar-refractivity contribution >= 4 is 0 Å². The number of aliphatic hydroxyl groups is 3. The lowest BCUT2D eigenvalue weighted by Crippen LogP contribution is -2.58. The monoisotopic (exact) mass is 308 g/mol. The van der Waals surface area contributed by atoms with E-state index in [4.69, 9.17) is 0 Å². The van der Waals surface area contributed by atoms with E-state index in [0.29, 0.717) is 23.7 Å². The fourth-order valence-corrected chi connectivity index (χ4v) is 7.17. The molecular formula is C19H32O3. The molecule has 3 N–H and O–H groups in total. The first-order valence-corrected chi connectivity index (χ1v) is 9.40. The zero-order chi connectivity index (χ0) is 15.7. The van der Waals surface area contributed by atoms with Gasteiger partial charge in [-0.05, 0) is 85.9 Å². The number of fused-ring (bicyclic) bond motifs is 5. The third kappa shape index (κ3) is 1.91. The van der Waals surface area contributed by atoms with Crippen LogP contribution in [0.1, 0.15) is 65.2 Å². The van der Waals surface area contributed by atoms with Gasteiger partial charge in [-0.15, -0.1) is 0 Å². The van der Waals surface area contributed by atoms with Crippen molar-refractivity contribution in [3.05, 3.63) is 0 Å². The first-order valence-electron chi connectivity index (χ1n) is 9.40. The van der Waals surface area contributed by atoms with Crippen molar-refractivity contribution < 1.29 is 15.3 Å². The van der Waals surface area contributed by atoms with Crippen LogP contribution in [0.2, 0.25) is 0 Å². The minimum Gasteiger partial charge on any atom is -0.393 e. The Bertz CT molecular complexity index is 452. The highest BCUT2D eigenvalue weighted by Gasteiger charge is 2.62. The van der Waals surface area contributed by atoms with Crippen molar-refractivity contribution in [2.75, 3.05) is 0 Å². The lowest BCUT2D eigenvalue weighted by molar-refractivity contribution is -0.176. The Balaban J connectivity index is 1.67. The van der Waals surface area contributed by atoms with Crippen molar-refractivity contribution in [1.82, 2.24) is 0 Å². The van der Waals surface area contributed by atoms with Crippen LogP contribution in [0.15, 0.2) is 0 Å². The molecule has 0 bridgehead atoms. The largest absolute Gasteiger partial charge is 0.393 e. The first kappa shape index (κ1) is 15.4. The second-order valence-electron chi connectivity index (χ2n) is 9.36. The number of hydrogen-bond donors (Lipinski definition) is 3. The highest BCUT2D eigenvalue weighted by Crippen LogP contribution is 2.66. The molecule has 0 radical (unpaired) electrons. The molecule has 0 unspecified atom stereocenters. The smallest absolute Gasteiger partial charge is 0.0596 e. The van der Waals surface area contributed by atoms with Gasteiger partial charge >= 0.3 is 0 Å². The fraction of sp³-hybridized carbons (Fsp3) is 1.00. The summed E-state index contributed by atoms with van der Waals surface area (Å²) in [6.07, 6.45) is 7.45. The molecule has 4 aliphatic rings. The van der Waals surface area contributed by atoms with Crippen LogP contribution in [-0.2, 0) is 0 Å². The van der Waals surface area contributed by atoms with Crippen molar-refractivity contribution in [3.63, 3.8) is 0 Å². The molecule has 4 aliphatic carbocycles. The van der Waals surface area contributed by atoms with Gasteiger partial charge < -0.3 is 15.3 Å². The van der Waals surface area contributed by atoms with Crippen LogP contribution in [0.5, 0.6) is 0 Å². The van der Waals surface area contributed by atoms with E-state index in [-0.39, 0.29) is 29.1 Å². The summed E-state index contributed by atoms with van der Waals surface area (Å²) in [5.74, 6) is 1.91. The van der Waals surface area contributed by atoms with Gasteiger partial charge in [0, 0.05) is 0 Å². The SMILES string of the molecule is C[C@]12CC[C@H](O)C[C@@H]1C[C@H](O)[C@@H]1[C@@H]2CC[C@]2(C)[C@H](O)CC[C@@H]12. The molecule has 0 aromatic heterocycles. The Kier molecular flexibility index (Phi) is 3.46. The van der Waals surface area contributed by atoms with Crippen LogP contribution in [0.4, 0.5) is 0 Å². The van der Waals surface area contributed by atoms with Crippen LogP contribution < -0.4 is 0 Å². The lowest BCUT2D eigenvalue weighted by Gasteiger charge is -2.62. The van der Waals surface area contributed by atoms with E-state index in [1.807, 2.05) is 0 Å². The summed E-state index contributed by atoms with van der Waals surface area (Å²) >= 11 is 0. The quantitative estimate of drug-likeness (QED) is 0.645. The molecule has 22 heavy (non-hydrogen) atoms. The Morgan fingerprint density at radius 1 is 0.773 bits per heavy atom. The van der Waals surface area contributed by atoms with Crippen LogP contribution in [0, 0.1) is 34.5 Å². The fourth-order valence-electron chi connectivity index (χ4n) is 7.17. The van der Waals surface area contributed by atoms with Crippen LogP contribution in [0.25, 0.3) is 0 Å². The molecule has 0 saturated heterocycles. The second kappa shape index (κ2) is 4.94. The summed E-state index contributed by atoms with van der Waals surface area (Å²) in [4.78, 5) is 0. The maximum atomic E-state index is 10.9.